The van der Waals surface area contributed by atoms with Crippen LogP contribution in [0.5, 0.6) is 0 Å². The molecule has 0 spiro atoms. The molecule has 20 heavy (non-hydrogen) atoms. The van der Waals surface area contributed by atoms with Gasteiger partial charge < -0.3 is 21.9 Å². The highest BCUT2D eigenvalue weighted by Gasteiger charge is 2.21. The summed E-state index contributed by atoms with van der Waals surface area (Å²) in [5.41, 5.74) is 11.2. The molecule has 8 heteroatoms. The molecule has 1 atom stereocenters. The first-order valence-corrected chi connectivity index (χ1v) is 6.47. The largest absolute Gasteiger partial charge is 0.480 e. The second kappa shape index (κ2) is 6.90. The number of nitrogen functional groups attached to an aromatic ring is 1. The van der Waals surface area contributed by atoms with Crippen LogP contribution in [0.1, 0.15) is 23.2 Å². The number of primary amides is 1. The topological polar surface area (TPSA) is 136 Å². The van der Waals surface area contributed by atoms with Gasteiger partial charge in [0.2, 0.25) is 5.91 Å². The average molecular weight is 344 g/mol. The highest BCUT2D eigenvalue weighted by Crippen LogP contribution is 2.20. The standard InChI is InChI=1S/C12H14BrN3O4/c13-7-2-1-6(5-8(7)14)11(18)16-9(12(19)20)3-4-10(15)17/h1-2,5,9H,3-4,14H2,(H2,15,17)(H,16,18)(H,19,20)/t9-/m1/s1. The smallest absolute Gasteiger partial charge is 0.326 e. The first kappa shape index (κ1) is 16.0. The van der Waals surface area contributed by atoms with Crippen molar-refractivity contribution in [2.24, 2.45) is 5.73 Å². The Morgan fingerprint density at radius 1 is 1.35 bits per heavy atom. The number of carbonyl (C=O) groups is 3. The van der Waals surface area contributed by atoms with Crippen LogP contribution in [-0.4, -0.2) is 28.9 Å². The van der Waals surface area contributed by atoms with Crippen molar-refractivity contribution in [3.63, 3.8) is 0 Å². The molecule has 0 aliphatic rings. The Hall–Kier alpha value is -2.09. The van der Waals surface area contributed by atoms with Crippen molar-refractivity contribution in [3.05, 3.63) is 28.2 Å². The van der Waals surface area contributed by atoms with E-state index in [2.05, 4.69) is 21.2 Å². The molecule has 0 aliphatic heterocycles. The van der Waals surface area contributed by atoms with E-state index in [1.54, 1.807) is 6.07 Å². The van der Waals surface area contributed by atoms with Gasteiger partial charge in [-0.05, 0) is 40.5 Å². The van der Waals surface area contributed by atoms with Crippen LogP contribution in [0.25, 0.3) is 0 Å². The Morgan fingerprint density at radius 2 is 2.00 bits per heavy atom. The number of benzene rings is 1. The average Bonchev–Trinajstić information content (AvgIpc) is 2.36. The Bertz CT molecular complexity index is 548. The number of rotatable bonds is 6. The predicted octanol–water partition coefficient (Wildman–Crippen LogP) is 0.480. The molecular weight excluding hydrogens is 330 g/mol. The highest BCUT2D eigenvalue weighted by atomic mass is 79.9. The third-order valence-electron chi connectivity index (χ3n) is 2.54. The fraction of sp³-hybridized carbons (Fsp3) is 0.250. The van der Waals surface area contributed by atoms with Crippen molar-refractivity contribution in [2.75, 3.05) is 5.73 Å². The Labute approximate surface area is 123 Å². The van der Waals surface area contributed by atoms with E-state index in [1.165, 1.54) is 12.1 Å². The number of carboxylic acid groups (broad SMARTS) is 1. The maximum absolute atomic E-state index is 11.9. The third-order valence-corrected chi connectivity index (χ3v) is 3.26. The summed E-state index contributed by atoms with van der Waals surface area (Å²) in [6.45, 7) is 0. The maximum Gasteiger partial charge on any atom is 0.326 e. The van der Waals surface area contributed by atoms with E-state index in [9.17, 15) is 14.4 Å². The number of anilines is 1. The molecule has 1 aromatic rings. The lowest BCUT2D eigenvalue weighted by molar-refractivity contribution is -0.139. The Kier molecular flexibility index (Phi) is 5.51. The van der Waals surface area contributed by atoms with E-state index in [4.69, 9.17) is 16.6 Å². The van der Waals surface area contributed by atoms with Gasteiger partial charge >= 0.3 is 5.97 Å². The van der Waals surface area contributed by atoms with Crippen molar-refractivity contribution in [3.8, 4) is 0 Å². The zero-order valence-electron chi connectivity index (χ0n) is 10.4. The second-order valence-corrected chi connectivity index (χ2v) is 4.96. The van der Waals surface area contributed by atoms with Crippen LogP contribution in [0.4, 0.5) is 5.69 Å². The van der Waals surface area contributed by atoms with E-state index < -0.39 is 23.8 Å². The van der Waals surface area contributed by atoms with Crippen molar-refractivity contribution >= 4 is 39.4 Å². The van der Waals surface area contributed by atoms with Crippen LogP contribution in [0, 0.1) is 0 Å². The van der Waals surface area contributed by atoms with Gasteiger partial charge in [-0.25, -0.2) is 4.79 Å². The van der Waals surface area contributed by atoms with Crippen molar-refractivity contribution in [2.45, 2.75) is 18.9 Å². The molecule has 0 saturated heterocycles. The predicted molar refractivity (Wildman–Crippen MR) is 75.9 cm³/mol. The molecule has 2 amide bonds. The number of aliphatic carboxylic acids is 1. The highest BCUT2D eigenvalue weighted by molar-refractivity contribution is 9.10. The minimum Gasteiger partial charge on any atom is -0.480 e. The van der Waals surface area contributed by atoms with Crippen LogP contribution in [-0.2, 0) is 9.59 Å². The Morgan fingerprint density at radius 3 is 2.50 bits per heavy atom. The van der Waals surface area contributed by atoms with E-state index in [1.807, 2.05) is 0 Å². The number of nitrogens with one attached hydrogen (secondary N) is 1. The van der Waals surface area contributed by atoms with Gasteiger partial charge in [0.1, 0.15) is 6.04 Å². The summed E-state index contributed by atoms with van der Waals surface area (Å²) in [5.74, 6) is -2.44. The second-order valence-electron chi connectivity index (χ2n) is 4.11. The molecule has 0 heterocycles. The summed E-state index contributed by atoms with van der Waals surface area (Å²) in [5, 5.41) is 11.3. The fourth-order valence-corrected chi connectivity index (χ4v) is 1.72. The van der Waals surface area contributed by atoms with Gasteiger partial charge in [-0.1, -0.05) is 0 Å². The summed E-state index contributed by atoms with van der Waals surface area (Å²) < 4.78 is 0.637. The molecule has 0 unspecified atom stereocenters. The van der Waals surface area contributed by atoms with Gasteiger partial charge in [-0.2, -0.15) is 0 Å². The van der Waals surface area contributed by atoms with Gasteiger partial charge in [0.15, 0.2) is 0 Å². The molecule has 0 bridgehead atoms. The van der Waals surface area contributed by atoms with E-state index in [0.29, 0.717) is 10.2 Å². The van der Waals surface area contributed by atoms with Gasteiger partial charge in [0, 0.05) is 22.1 Å². The van der Waals surface area contributed by atoms with Crippen LogP contribution in [0.3, 0.4) is 0 Å². The van der Waals surface area contributed by atoms with Crippen molar-refractivity contribution < 1.29 is 19.5 Å². The Balaban J connectivity index is 2.77. The van der Waals surface area contributed by atoms with Crippen molar-refractivity contribution in [1.82, 2.24) is 5.32 Å². The molecule has 0 saturated carbocycles. The summed E-state index contributed by atoms with van der Waals surface area (Å²) in [4.78, 5) is 33.6. The maximum atomic E-state index is 11.9. The molecule has 1 aromatic carbocycles. The minimum absolute atomic E-state index is 0.0670. The molecule has 0 fully saturated rings. The zero-order chi connectivity index (χ0) is 15.3. The SMILES string of the molecule is NC(=O)CC[C@@H](NC(=O)c1ccc(Br)c(N)c1)C(=O)O. The lowest BCUT2D eigenvalue weighted by Crippen LogP contribution is -2.41. The number of amides is 2. The first-order valence-electron chi connectivity index (χ1n) is 5.68. The number of halogens is 1. The number of hydrogen-bond donors (Lipinski definition) is 4. The number of carbonyl (C=O) groups excluding carboxylic acids is 2. The molecule has 0 radical (unpaired) electrons. The van der Waals surface area contributed by atoms with Crippen LogP contribution >= 0.6 is 15.9 Å². The van der Waals surface area contributed by atoms with Gasteiger partial charge in [-0.3, -0.25) is 9.59 Å². The molecular formula is C12H14BrN3O4. The number of hydrogen-bond acceptors (Lipinski definition) is 4. The normalized spacial score (nSPS) is 11.7. The summed E-state index contributed by atoms with van der Waals surface area (Å²) in [6, 6.07) is 3.33. The molecule has 0 aliphatic carbocycles. The van der Waals surface area contributed by atoms with Gasteiger partial charge in [-0.15, -0.1) is 0 Å². The number of nitrogens with two attached hydrogens (primary N) is 2. The minimum atomic E-state index is -1.23. The molecule has 108 valence electrons. The summed E-state index contributed by atoms with van der Waals surface area (Å²) in [6.07, 6.45) is -0.192. The lowest BCUT2D eigenvalue weighted by atomic mass is 10.1. The van der Waals surface area contributed by atoms with Gasteiger partial charge in [0.05, 0.1) is 0 Å². The van der Waals surface area contributed by atoms with Crippen LogP contribution < -0.4 is 16.8 Å². The molecule has 6 N–H and O–H groups in total. The van der Waals surface area contributed by atoms with E-state index >= 15 is 0 Å². The fourth-order valence-electron chi connectivity index (χ4n) is 1.47. The molecule has 1 rings (SSSR count). The van der Waals surface area contributed by atoms with Gasteiger partial charge in [0.25, 0.3) is 5.91 Å². The zero-order valence-corrected chi connectivity index (χ0v) is 12.0. The number of carboxylic acids is 1. The lowest BCUT2D eigenvalue weighted by Gasteiger charge is -2.14. The quantitative estimate of drug-likeness (QED) is 0.557. The molecule has 7 nitrogen and oxygen atoms in total. The van der Waals surface area contributed by atoms with Crippen LogP contribution in [0.15, 0.2) is 22.7 Å². The van der Waals surface area contributed by atoms with E-state index in [-0.39, 0.29) is 18.4 Å². The van der Waals surface area contributed by atoms with Crippen molar-refractivity contribution in [1.29, 1.82) is 0 Å². The monoisotopic (exact) mass is 343 g/mol. The van der Waals surface area contributed by atoms with E-state index in [0.717, 1.165) is 0 Å². The molecule has 0 aromatic heterocycles. The summed E-state index contributed by atoms with van der Waals surface area (Å²) in [7, 11) is 0. The summed E-state index contributed by atoms with van der Waals surface area (Å²) >= 11 is 3.19. The third kappa shape index (κ3) is 4.54. The first-order chi connectivity index (χ1) is 9.31. The van der Waals surface area contributed by atoms with Crippen LogP contribution in [0.2, 0.25) is 0 Å².